The highest BCUT2D eigenvalue weighted by Gasteiger charge is 2.34. The number of quaternary nitrogens is 1. The monoisotopic (exact) mass is 408 g/mol. The van der Waals surface area contributed by atoms with Crippen LogP contribution in [-0.4, -0.2) is 57.4 Å². The smallest absolute Gasteiger partial charge is 0.278 e. The highest BCUT2D eigenvalue weighted by Crippen LogP contribution is 2.26. The third kappa shape index (κ3) is 4.86. The van der Waals surface area contributed by atoms with Crippen LogP contribution in [0.2, 0.25) is 10.0 Å². The minimum Gasteiger partial charge on any atom is -0.351 e. The lowest BCUT2D eigenvalue weighted by atomic mass is 10.2. The van der Waals surface area contributed by atoms with E-state index in [-0.39, 0.29) is 21.9 Å². The van der Waals surface area contributed by atoms with Crippen LogP contribution in [0.25, 0.3) is 0 Å². The summed E-state index contributed by atoms with van der Waals surface area (Å²) in [6, 6.07) is 4.13. The average Bonchev–Trinajstić information content (AvgIpc) is 2.61. The Labute approximate surface area is 159 Å². The van der Waals surface area contributed by atoms with E-state index in [1.807, 2.05) is 13.8 Å². The van der Waals surface area contributed by atoms with Crippen molar-refractivity contribution >= 4 is 39.1 Å². The summed E-state index contributed by atoms with van der Waals surface area (Å²) < 4.78 is 26.9. The topological polar surface area (TPSA) is 70.9 Å². The molecular weight excluding hydrogens is 385 g/mol. The Balaban J connectivity index is 2.01. The Morgan fingerprint density at radius 3 is 2.48 bits per heavy atom. The molecule has 1 amide bonds. The second-order valence-corrected chi connectivity index (χ2v) is 8.90. The van der Waals surface area contributed by atoms with Crippen LogP contribution in [0.4, 0.5) is 0 Å². The Bertz CT molecular complexity index is 719. The van der Waals surface area contributed by atoms with Crippen LogP contribution in [-0.2, 0) is 14.8 Å². The Kier molecular flexibility index (Phi) is 7.10. The third-order valence-corrected chi connectivity index (χ3v) is 7.08. The molecule has 1 aromatic carbocycles. The minimum absolute atomic E-state index is 0.0117. The normalized spacial score (nSPS) is 18.1. The van der Waals surface area contributed by atoms with E-state index >= 15 is 0 Å². The van der Waals surface area contributed by atoms with Gasteiger partial charge >= 0.3 is 0 Å². The molecule has 0 aliphatic carbocycles. The summed E-state index contributed by atoms with van der Waals surface area (Å²) in [6.45, 7) is 6.44. The molecule has 1 aliphatic heterocycles. The first kappa shape index (κ1) is 20.5. The number of nitrogens with one attached hydrogen (secondary N) is 2. The zero-order chi connectivity index (χ0) is 18.6. The number of carbonyl (C=O) groups is 1. The lowest BCUT2D eigenvalue weighted by Crippen LogP contribution is -3.19. The number of amides is 1. The van der Waals surface area contributed by atoms with Gasteiger partial charge in [0.05, 0.1) is 41.1 Å². The molecular formula is C16H24Cl2N3O3S+. The van der Waals surface area contributed by atoms with Crippen LogP contribution in [0.5, 0.6) is 0 Å². The van der Waals surface area contributed by atoms with Gasteiger partial charge in [0.15, 0.2) is 6.04 Å². The average molecular weight is 409 g/mol. The number of hydrogen-bond donors (Lipinski definition) is 2. The molecule has 25 heavy (non-hydrogen) atoms. The van der Waals surface area contributed by atoms with E-state index in [0.29, 0.717) is 37.7 Å². The van der Waals surface area contributed by atoms with Crippen LogP contribution in [0.1, 0.15) is 20.3 Å². The number of nitrogens with zero attached hydrogens (tertiary/aromatic N) is 1. The van der Waals surface area contributed by atoms with Gasteiger partial charge in [-0.05, 0) is 31.5 Å². The molecule has 0 unspecified atom stereocenters. The van der Waals surface area contributed by atoms with Gasteiger partial charge in [-0.25, -0.2) is 8.42 Å². The summed E-state index contributed by atoms with van der Waals surface area (Å²) in [5.41, 5.74) is 0. The summed E-state index contributed by atoms with van der Waals surface area (Å²) >= 11 is 11.8. The Morgan fingerprint density at radius 1 is 1.28 bits per heavy atom. The summed E-state index contributed by atoms with van der Waals surface area (Å²) in [4.78, 5) is 13.3. The van der Waals surface area contributed by atoms with Crippen LogP contribution in [0, 0.1) is 0 Å². The summed E-state index contributed by atoms with van der Waals surface area (Å²) in [7, 11) is -3.61. The first-order valence-corrected chi connectivity index (χ1v) is 10.5. The quantitative estimate of drug-likeness (QED) is 0.730. The van der Waals surface area contributed by atoms with Crippen molar-refractivity contribution in [1.82, 2.24) is 9.62 Å². The van der Waals surface area contributed by atoms with E-state index < -0.39 is 10.0 Å². The molecule has 1 fully saturated rings. The lowest BCUT2D eigenvalue weighted by Gasteiger charge is -2.34. The molecule has 6 nitrogen and oxygen atoms in total. The van der Waals surface area contributed by atoms with Gasteiger partial charge in [-0.3, -0.25) is 4.79 Å². The zero-order valence-electron chi connectivity index (χ0n) is 14.4. The van der Waals surface area contributed by atoms with Crippen molar-refractivity contribution in [3.8, 4) is 0 Å². The van der Waals surface area contributed by atoms with E-state index in [9.17, 15) is 13.2 Å². The fraction of sp³-hybridized carbons (Fsp3) is 0.562. The van der Waals surface area contributed by atoms with Crippen LogP contribution in [0.3, 0.4) is 0 Å². The van der Waals surface area contributed by atoms with E-state index in [4.69, 9.17) is 23.2 Å². The molecule has 1 aromatic rings. The second kappa shape index (κ2) is 8.68. The summed E-state index contributed by atoms with van der Waals surface area (Å²) in [5.74, 6) is 0.0117. The number of piperazine rings is 1. The lowest BCUT2D eigenvalue weighted by molar-refractivity contribution is -0.917. The minimum atomic E-state index is -3.61. The van der Waals surface area contributed by atoms with Gasteiger partial charge in [0.2, 0.25) is 10.0 Å². The number of rotatable bonds is 6. The molecule has 2 rings (SSSR count). The van der Waals surface area contributed by atoms with Crippen LogP contribution < -0.4 is 10.2 Å². The largest absolute Gasteiger partial charge is 0.351 e. The van der Waals surface area contributed by atoms with Gasteiger partial charge in [-0.2, -0.15) is 4.31 Å². The van der Waals surface area contributed by atoms with Crippen molar-refractivity contribution < 1.29 is 18.1 Å². The van der Waals surface area contributed by atoms with Crippen molar-refractivity contribution in [2.24, 2.45) is 0 Å². The Hall–Kier alpha value is -0.860. The summed E-state index contributed by atoms with van der Waals surface area (Å²) in [5, 5.41) is 3.43. The molecule has 0 saturated carbocycles. The van der Waals surface area contributed by atoms with Gasteiger partial charge in [-0.15, -0.1) is 0 Å². The fourth-order valence-electron chi connectivity index (χ4n) is 2.82. The highest BCUT2D eigenvalue weighted by molar-refractivity contribution is 7.89. The molecule has 1 heterocycles. The molecule has 0 radical (unpaired) electrons. The predicted octanol–water partition coefficient (Wildman–Crippen LogP) is 0.797. The molecule has 0 bridgehead atoms. The SMILES string of the molecule is CCCNC(=O)[C@@H](C)[NH+]1CCN(S(=O)(=O)c2ccc(Cl)c(Cl)c2)CC1. The van der Waals surface area contributed by atoms with Gasteiger partial charge < -0.3 is 10.2 Å². The van der Waals surface area contributed by atoms with E-state index in [0.717, 1.165) is 11.3 Å². The maximum absolute atomic E-state index is 12.7. The first-order chi connectivity index (χ1) is 11.8. The molecule has 9 heteroatoms. The number of hydrogen-bond acceptors (Lipinski definition) is 3. The number of sulfonamides is 1. The summed E-state index contributed by atoms with van der Waals surface area (Å²) in [6.07, 6.45) is 0.892. The molecule has 1 atom stereocenters. The molecule has 140 valence electrons. The van der Waals surface area contributed by atoms with E-state index in [2.05, 4.69) is 5.32 Å². The standard InChI is InChI=1S/C16H23Cl2N3O3S/c1-3-6-19-16(22)12(2)20-7-9-21(10-8-20)25(23,24)13-4-5-14(17)15(18)11-13/h4-5,11-12H,3,6-10H2,1-2H3,(H,19,22)/p+1/t12-/m1/s1. The van der Waals surface area contributed by atoms with Crippen LogP contribution in [0.15, 0.2) is 23.1 Å². The van der Waals surface area contributed by atoms with Crippen molar-refractivity contribution in [2.75, 3.05) is 32.7 Å². The van der Waals surface area contributed by atoms with Crippen LogP contribution >= 0.6 is 23.2 Å². The van der Waals surface area contributed by atoms with Crippen molar-refractivity contribution in [1.29, 1.82) is 0 Å². The van der Waals surface area contributed by atoms with Gasteiger partial charge in [-0.1, -0.05) is 30.1 Å². The third-order valence-electron chi connectivity index (χ3n) is 4.45. The predicted molar refractivity (Wildman–Crippen MR) is 98.7 cm³/mol. The molecule has 0 aromatic heterocycles. The zero-order valence-corrected chi connectivity index (χ0v) is 16.7. The molecule has 1 aliphatic rings. The molecule has 0 spiro atoms. The number of carbonyl (C=O) groups excluding carboxylic acids is 1. The molecule has 1 saturated heterocycles. The van der Waals surface area contributed by atoms with E-state index in [1.54, 1.807) is 0 Å². The second-order valence-electron chi connectivity index (χ2n) is 6.15. The van der Waals surface area contributed by atoms with Gasteiger partial charge in [0.25, 0.3) is 5.91 Å². The van der Waals surface area contributed by atoms with E-state index in [1.165, 1.54) is 22.5 Å². The maximum atomic E-state index is 12.7. The number of halogens is 2. The van der Waals surface area contributed by atoms with Crippen molar-refractivity contribution in [3.05, 3.63) is 28.2 Å². The van der Waals surface area contributed by atoms with Crippen molar-refractivity contribution in [3.63, 3.8) is 0 Å². The molecule has 2 N–H and O–H groups in total. The fourth-order valence-corrected chi connectivity index (χ4v) is 4.65. The maximum Gasteiger partial charge on any atom is 0.278 e. The highest BCUT2D eigenvalue weighted by atomic mass is 35.5. The first-order valence-electron chi connectivity index (χ1n) is 8.35. The van der Waals surface area contributed by atoms with Gasteiger partial charge in [0.1, 0.15) is 0 Å². The van der Waals surface area contributed by atoms with Crippen molar-refractivity contribution in [2.45, 2.75) is 31.2 Å². The Morgan fingerprint density at radius 2 is 1.92 bits per heavy atom. The number of benzene rings is 1. The van der Waals surface area contributed by atoms with Gasteiger partial charge in [0, 0.05) is 6.54 Å².